The average Bonchev–Trinajstić information content (AvgIpc) is 3.07. The van der Waals surface area contributed by atoms with Crippen molar-refractivity contribution in [2.75, 3.05) is 13.7 Å². The zero-order chi connectivity index (χ0) is 18.7. The summed E-state index contributed by atoms with van der Waals surface area (Å²) in [6.45, 7) is 7.90. The van der Waals surface area contributed by atoms with Crippen LogP contribution >= 0.6 is 0 Å². The lowest BCUT2D eigenvalue weighted by atomic mass is 10.1. The van der Waals surface area contributed by atoms with Crippen molar-refractivity contribution in [3.8, 4) is 0 Å². The zero-order valence-corrected chi connectivity index (χ0v) is 15.7. The van der Waals surface area contributed by atoms with Gasteiger partial charge in [0.15, 0.2) is 5.43 Å². The molecule has 0 radical (unpaired) electrons. The minimum absolute atomic E-state index is 0.00679. The van der Waals surface area contributed by atoms with Crippen molar-refractivity contribution in [3.63, 3.8) is 0 Å². The number of H-pyrrole nitrogens is 1. The first-order valence-electron chi connectivity index (χ1n) is 8.72. The highest BCUT2D eigenvalue weighted by molar-refractivity contribution is 5.82. The molecule has 2 N–H and O–H groups in total. The molecule has 0 aliphatic rings. The molecule has 0 saturated heterocycles. The van der Waals surface area contributed by atoms with Gasteiger partial charge in [-0.05, 0) is 38.0 Å². The second-order valence-electron chi connectivity index (χ2n) is 6.64. The van der Waals surface area contributed by atoms with Crippen molar-refractivity contribution in [2.45, 2.75) is 39.9 Å². The number of methoxy groups -OCH3 is 1. The Bertz CT molecular complexity index is 960. The van der Waals surface area contributed by atoms with Crippen LogP contribution in [0.1, 0.15) is 35.6 Å². The van der Waals surface area contributed by atoms with Gasteiger partial charge in [-0.25, -0.2) is 0 Å². The molecule has 1 aromatic carbocycles. The summed E-state index contributed by atoms with van der Waals surface area (Å²) in [5.74, 6) is 0.844. The van der Waals surface area contributed by atoms with Gasteiger partial charge in [0.1, 0.15) is 12.2 Å². The maximum Gasteiger partial charge on any atom is 0.189 e. The third-order valence-corrected chi connectivity index (χ3v) is 4.50. The first kappa shape index (κ1) is 18.3. The van der Waals surface area contributed by atoms with E-state index in [1.807, 2.05) is 31.4 Å². The van der Waals surface area contributed by atoms with Gasteiger partial charge in [0.25, 0.3) is 0 Å². The molecule has 2 aromatic heterocycles. The standard InChI is InChI=1S/C19H25N5O2/c1-12-7-13(2)18-16(8-12)17(25)9-15(22-18)10-20-14(3)19-23-21-11-24(19)5-6-26-4/h7-9,11,14,20H,5-6,10H2,1-4H3,(H,22,25)/t14-/m1/s1. The van der Waals surface area contributed by atoms with E-state index in [4.69, 9.17) is 4.74 Å². The highest BCUT2D eigenvalue weighted by Gasteiger charge is 2.13. The number of nitrogens with zero attached hydrogens (tertiary/aromatic N) is 3. The van der Waals surface area contributed by atoms with E-state index < -0.39 is 0 Å². The van der Waals surface area contributed by atoms with E-state index >= 15 is 0 Å². The summed E-state index contributed by atoms with van der Waals surface area (Å²) in [4.78, 5) is 15.8. The van der Waals surface area contributed by atoms with E-state index in [9.17, 15) is 4.79 Å². The summed E-state index contributed by atoms with van der Waals surface area (Å²) in [5.41, 5.74) is 3.96. The molecular formula is C19H25N5O2. The summed E-state index contributed by atoms with van der Waals surface area (Å²) in [5, 5.41) is 12.3. The molecule has 0 aliphatic carbocycles. The number of hydrogen-bond acceptors (Lipinski definition) is 5. The lowest BCUT2D eigenvalue weighted by molar-refractivity contribution is 0.185. The highest BCUT2D eigenvalue weighted by Crippen LogP contribution is 2.16. The molecule has 138 valence electrons. The van der Waals surface area contributed by atoms with Gasteiger partial charge in [0.05, 0.1) is 18.2 Å². The third-order valence-electron chi connectivity index (χ3n) is 4.50. The smallest absolute Gasteiger partial charge is 0.189 e. The van der Waals surface area contributed by atoms with Crippen molar-refractivity contribution in [2.24, 2.45) is 0 Å². The Kier molecular flexibility index (Phi) is 5.49. The van der Waals surface area contributed by atoms with E-state index in [0.717, 1.165) is 33.5 Å². The third kappa shape index (κ3) is 3.84. The van der Waals surface area contributed by atoms with Crippen molar-refractivity contribution < 1.29 is 4.74 Å². The molecule has 2 heterocycles. The quantitative estimate of drug-likeness (QED) is 0.679. The van der Waals surface area contributed by atoms with E-state index in [1.165, 1.54) is 0 Å². The number of aromatic amines is 1. The Morgan fingerprint density at radius 3 is 2.88 bits per heavy atom. The topological polar surface area (TPSA) is 84.8 Å². The highest BCUT2D eigenvalue weighted by atomic mass is 16.5. The minimum atomic E-state index is -0.00679. The lowest BCUT2D eigenvalue weighted by Crippen LogP contribution is -2.23. The largest absolute Gasteiger partial charge is 0.383 e. The second kappa shape index (κ2) is 7.80. The van der Waals surface area contributed by atoms with Gasteiger partial charge >= 0.3 is 0 Å². The number of hydrogen-bond donors (Lipinski definition) is 2. The molecular weight excluding hydrogens is 330 g/mol. The van der Waals surface area contributed by atoms with Gasteiger partial charge in [-0.2, -0.15) is 0 Å². The monoisotopic (exact) mass is 355 g/mol. The molecule has 0 saturated carbocycles. The number of nitrogens with one attached hydrogen (secondary N) is 2. The Morgan fingerprint density at radius 1 is 1.31 bits per heavy atom. The Morgan fingerprint density at radius 2 is 2.12 bits per heavy atom. The summed E-state index contributed by atoms with van der Waals surface area (Å²) in [7, 11) is 1.67. The van der Waals surface area contributed by atoms with Gasteiger partial charge in [-0.15, -0.1) is 10.2 Å². The normalized spacial score (nSPS) is 12.6. The first-order chi connectivity index (χ1) is 12.5. The number of aromatic nitrogens is 4. The van der Waals surface area contributed by atoms with Crippen LogP contribution in [0.4, 0.5) is 0 Å². The van der Waals surface area contributed by atoms with Crippen molar-refractivity contribution >= 4 is 10.9 Å². The van der Waals surface area contributed by atoms with Gasteiger partial charge in [0, 0.05) is 37.3 Å². The van der Waals surface area contributed by atoms with E-state index in [1.54, 1.807) is 19.5 Å². The number of fused-ring (bicyclic) bond motifs is 1. The summed E-state index contributed by atoms with van der Waals surface area (Å²) in [6, 6.07) is 5.67. The Balaban J connectivity index is 1.78. The first-order valence-corrected chi connectivity index (χ1v) is 8.72. The van der Waals surface area contributed by atoms with E-state index in [2.05, 4.69) is 26.6 Å². The number of aryl methyl sites for hydroxylation is 2. The minimum Gasteiger partial charge on any atom is -0.383 e. The van der Waals surface area contributed by atoms with Crippen LogP contribution in [0.3, 0.4) is 0 Å². The lowest BCUT2D eigenvalue weighted by Gasteiger charge is -2.15. The van der Waals surface area contributed by atoms with Crippen LogP contribution in [-0.2, 0) is 17.8 Å². The fraction of sp³-hybridized carbons (Fsp3) is 0.421. The van der Waals surface area contributed by atoms with Crippen LogP contribution in [0.5, 0.6) is 0 Å². The number of benzene rings is 1. The van der Waals surface area contributed by atoms with Crippen LogP contribution in [-0.4, -0.2) is 33.5 Å². The van der Waals surface area contributed by atoms with Crippen LogP contribution < -0.4 is 10.7 Å². The van der Waals surface area contributed by atoms with Crippen LogP contribution in [0, 0.1) is 13.8 Å². The zero-order valence-electron chi connectivity index (χ0n) is 15.7. The van der Waals surface area contributed by atoms with E-state index in [-0.39, 0.29) is 11.5 Å². The van der Waals surface area contributed by atoms with Gasteiger partial charge in [-0.1, -0.05) is 6.07 Å². The van der Waals surface area contributed by atoms with Gasteiger partial charge in [-0.3, -0.25) is 4.79 Å². The van der Waals surface area contributed by atoms with Crippen molar-refractivity contribution in [1.29, 1.82) is 0 Å². The fourth-order valence-corrected chi connectivity index (χ4v) is 3.17. The Hall–Kier alpha value is -2.51. The number of ether oxygens (including phenoxy) is 1. The molecule has 0 fully saturated rings. The Labute approximate surface area is 152 Å². The molecule has 7 heteroatoms. The van der Waals surface area contributed by atoms with Crippen LogP contribution in [0.25, 0.3) is 10.9 Å². The number of pyridine rings is 1. The maximum absolute atomic E-state index is 12.5. The van der Waals surface area contributed by atoms with E-state index in [0.29, 0.717) is 19.7 Å². The molecule has 26 heavy (non-hydrogen) atoms. The van der Waals surface area contributed by atoms with Gasteiger partial charge in [0.2, 0.25) is 0 Å². The predicted molar refractivity (Wildman–Crippen MR) is 101 cm³/mol. The molecule has 3 aromatic rings. The maximum atomic E-state index is 12.5. The van der Waals surface area contributed by atoms with Crippen LogP contribution in [0.2, 0.25) is 0 Å². The predicted octanol–water partition coefficient (Wildman–Crippen LogP) is 2.23. The molecule has 0 bridgehead atoms. The summed E-state index contributed by atoms with van der Waals surface area (Å²) < 4.78 is 7.09. The molecule has 7 nitrogen and oxygen atoms in total. The summed E-state index contributed by atoms with van der Waals surface area (Å²) >= 11 is 0. The van der Waals surface area contributed by atoms with Crippen LogP contribution in [0.15, 0.2) is 29.3 Å². The molecule has 0 amide bonds. The molecule has 3 rings (SSSR count). The summed E-state index contributed by atoms with van der Waals surface area (Å²) in [6.07, 6.45) is 1.70. The number of rotatable bonds is 7. The second-order valence-corrected chi connectivity index (χ2v) is 6.64. The van der Waals surface area contributed by atoms with Gasteiger partial charge < -0.3 is 19.6 Å². The SMILES string of the molecule is COCCn1cnnc1[C@@H](C)NCc1cc(=O)c2cc(C)cc(C)c2[nH]1. The molecule has 0 unspecified atom stereocenters. The molecule has 1 atom stereocenters. The fourth-order valence-electron chi connectivity index (χ4n) is 3.17. The van der Waals surface area contributed by atoms with Crippen molar-refractivity contribution in [3.05, 3.63) is 57.4 Å². The average molecular weight is 355 g/mol. The van der Waals surface area contributed by atoms with Crippen molar-refractivity contribution in [1.82, 2.24) is 25.1 Å². The molecule has 0 spiro atoms. The molecule has 0 aliphatic heterocycles.